The largest absolute Gasteiger partial charge is 0.459 e. The van der Waals surface area contributed by atoms with Crippen LogP contribution in [0, 0.1) is 0 Å². The fourth-order valence-corrected chi connectivity index (χ4v) is 5.53. The highest BCUT2D eigenvalue weighted by Gasteiger charge is 2.39. The van der Waals surface area contributed by atoms with E-state index in [-0.39, 0.29) is 32.4 Å². The van der Waals surface area contributed by atoms with Gasteiger partial charge in [0.05, 0.1) is 5.52 Å². The first-order chi connectivity index (χ1) is 22.4. The third-order valence-corrected chi connectivity index (χ3v) is 7.69. The van der Waals surface area contributed by atoms with Crippen LogP contribution in [0.4, 0.5) is 4.79 Å². The number of alkyl carbamates (subject to hydrolysis) is 1. The molecule has 13 nitrogen and oxygen atoms in total. The van der Waals surface area contributed by atoms with Crippen molar-refractivity contribution in [2.75, 3.05) is 6.54 Å². The number of nitrogens with two attached hydrogens (primary N) is 1. The molecule has 3 atom stereocenters. The minimum absolute atomic E-state index is 0.0385. The van der Waals surface area contributed by atoms with Crippen LogP contribution < -0.4 is 16.4 Å². The molecule has 4 rings (SSSR count). The van der Waals surface area contributed by atoms with Gasteiger partial charge in [-0.05, 0) is 57.2 Å². The summed E-state index contributed by atoms with van der Waals surface area (Å²) in [6, 6.07) is 12.9. The van der Waals surface area contributed by atoms with E-state index in [9.17, 15) is 28.8 Å². The number of primary amides is 1. The number of fused-ring (bicyclic) bond motifs is 1. The monoisotopic (exact) mass is 647 g/mol. The number of nitrogens with one attached hydrogen (secondary N) is 2. The molecule has 13 heteroatoms. The summed E-state index contributed by atoms with van der Waals surface area (Å²) in [5.41, 5.74) is 6.48. The van der Waals surface area contributed by atoms with Crippen molar-refractivity contribution in [1.29, 1.82) is 0 Å². The van der Waals surface area contributed by atoms with E-state index >= 15 is 0 Å². The zero-order chi connectivity index (χ0) is 34.1. The number of hydrogen-bond acceptors (Lipinski definition) is 8. The maximum atomic E-state index is 14.2. The van der Waals surface area contributed by atoms with Gasteiger partial charge in [0.1, 0.15) is 30.3 Å². The molecule has 1 aromatic heterocycles. The first kappa shape index (κ1) is 34.7. The Morgan fingerprint density at radius 3 is 2.38 bits per heavy atom. The molecule has 0 spiro atoms. The van der Waals surface area contributed by atoms with Crippen molar-refractivity contribution < 1.29 is 38.2 Å². The lowest BCUT2D eigenvalue weighted by Gasteiger charge is -2.29. The van der Waals surface area contributed by atoms with Gasteiger partial charge < -0.3 is 30.7 Å². The molecule has 4 amide bonds. The van der Waals surface area contributed by atoms with Crippen molar-refractivity contribution in [3.63, 3.8) is 0 Å². The van der Waals surface area contributed by atoms with Gasteiger partial charge in [-0.2, -0.15) is 0 Å². The van der Waals surface area contributed by atoms with Crippen LogP contribution in [0.1, 0.15) is 57.6 Å². The van der Waals surface area contributed by atoms with Gasteiger partial charge in [-0.25, -0.2) is 9.59 Å². The summed E-state index contributed by atoms with van der Waals surface area (Å²) in [6.45, 7) is 5.28. The lowest BCUT2D eigenvalue weighted by molar-refractivity contribution is -0.155. The lowest BCUT2D eigenvalue weighted by Crippen LogP contribution is -2.57. The van der Waals surface area contributed by atoms with Crippen molar-refractivity contribution in [3.05, 3.63) is 71.9 Å². The molecule has 2 heterocycles. The number of benzene rings is 2. The highest BCUT2D eigenvalue weighted by Crippen LogP contribution is 2.25. The topological polar surface area (TPSA) is 179 Å². The predicted molar refractivity (Wildman–Crippen MR) is 172 cm³/mol. The maximum absolute atomic E-state index is 14.2. The van der Waals surface area contributed by atoms with Crippen LogP contribution in [0.3, 0.4) is 0 Å². The Hall–Kier alpha value is -5.20. The van der Waals surface area contributed by atoms with Crippen LogP contribution >= 0.6 is 0 Å². The van der Waals surface area contributed by atoms with E-state index in [1.54, 1.807) is 51.2 Å². The molecule has 4 N–H and O–H groups in total. The maximum Gasteiger partial charge on any atom is 0.408 e. The Labute approximate surface area is 272 Å². The summed E-state index contributed by atoms with van der Waals surface area (Å²) in [4.78, 5) is 78.6. The van der Waals surface area contributed by atoms with Crippen molar-refractivity contribution >= 4 is 47.1 Å². The SMILES string of the molecule is CC(C)(C)OC(=O)N[C@@H](CCC(N)=O)C(=O)N[C@H](Cc1cn(C=O)c2ccccc12)C(=O)N1CCC[C@H]1C(=O)OCc1ccccc1. The van der Waals surface area contributed by atoms with Gasteiger partial charge in [0.15, 0.2) is 0 Å². The molecule has 0 aliphatic carbocycles. The molecule has 2 aromatic carbocycles. The molecular weight excluding hydrogens is 606 g/mol. The molecule has 1 aliphatic heterocycles. The Morgan fingerprint density at radius 1 is 1.00 bits per heavy atom. The van der Waals surface area contributed by atoms with E-state index in [0.717, 1.165) is 5.56 Å². The molecule has 0 saturated carbocycles. The number of nitrogens with zero attached hydrogens (tertiary/aromatic N) is 2. The molecule has 1 saturated heterocycles. The minimum atomic E-state index is -1.27. The number of hydrogen-bond donors (Lipinski definition) is 3. The van der Waals surface area contributed by atoms with Gasteiger partial charge in [0.2, 0.25) is 24.1 Å². The number of amides is 4. The summed E-state index contributed by atoms with van der Waals surface area (Å²) in [7, 11) is 0. The molecule has 0 unspecified atom stereocenters. The summed E-state index contributed by atoms with van der Waals surface area (Å²) in [5, 5.41) is 5.92. The smallest absolute Gasteiger partial charge is 0.408 e. The molecule has 250 valence electrons. The molecule has 0 radical (unpaired) electrons. The number of carbonyl (C=O) groups excluding carboxylic acids is 6. The normalized spacial score (nSPS) is 15.8. The van der Waals surface area contributed by atoms with Gasteiger partial charge in [-0.1, -0.05) is 48.5 Å². The van der Waals surface area contributed by atoms with Gasteiger partial charge in [0.25, 0.3) is 0 Å². The second-order valence-electron chi connectivity index (χ2n) is 12.4. The van der Waals surface area contributed by atoms with Gasteiger partial charge >= 0.3 is 12.1 Å². The highest BCUT2D eigenvalue weighted by molar-refractivity contribution is 5.95. The average molecular weight is 648 g/mol. The summed E-state index contributed by atoms with van der Waals surface area (Å²) >= 11 is 0. The van der Waals surface area contributed by atoms with Crippen molar-refractivity contribution in [1.82, 2.24) is 20.1 Å². The van der Waals surface area contributed by atoms with Crippen LogP contribution in [-0.2, 0) is 46.5 Å². The Balaban J connectivity index is 1.61. The van der Waals surface area contributed by atoms with Gasteiger partial charge in [-0.15, -0.1) is 0 Å². The van der Waals surface area contributed by atoms with E-state index in [1.807, 2.05) is 30.3 Å². The standard InChI is InChI=1S/C34H41N5O8/c1-34(2,3)47-33(45)37-25(15-16-29(35)41)30(42)36-26(18-23-19-38(21-40)27-13-8-7-12-24(23)27)31(43)39-17-9-14-28(39)32(44)46-20-22-10-5-4-6-11-22/h4-8,10-13,19,21,25-26,28H,9,14-18,20H2,1-3H3,(H2,35,41)(H,36,42)(H,37,45)/t25-,26+,28-/m0/s1. The van der Waals surface area contributed by atoms with Gasteiger partial charge in [0, 0.05) is 31.0 Å². The van der Waals surface area contributed by atoms with Crippen LogP contribution in [0.15, 0.2) is 60.8 Å². The zero-order valence-electron chi connectivity index (χ0n) is 26.8. The summed E-state index contributed by atoms with van der Waals surface area (Å²) in [6.07, 6.45) is 1.86. The molecule has 1 fully saturated rings. The fraction of sp³-hybridized carbons (Fsp3) is 0.412. The number of carbonyl (C=O) groups is 6. The van der Waals surface area contributed by atoms with Crippen molar-refractivity contribution in [3.8, 4) is 0 Å². The number of ether oxygens (including phenoxy) is 2. The average Bonchev–Trinajstić information content (AvgIpc) is 3.66. The quantitative estimate of drug-likeness (QED) is 0.187. The highest BCUT2D eigenvalue weighted by atomic mass is 16.6. The van der Waals surface area contributed by atoms with Crippen molar-refractivity contribution in [2.24, 2.45) is 5.73 Å². The van der Waals surface area contributed by atoms with Crippen LogP contribution in [-0.4, -0.2) is 75.9 Å². The first-order valence-corrected chi connectivity index (χ1v) is 15.5. The van der Waals surface area contributed by atoms with Crippen molar-refractivity contribution in [2.45, 2.75) is 83.2 Å². The first-order valence-electron chi connectivity index (χ1n) is 15.5. The summed E-state index contributed by atoms with van der Waals surface area (Å²) < 4.78 is 12.2. The van der Waals surface area contributed by atoms with Gasteiger partial charge in [-0.3, -0.25) is 23.7 Å². The fourth-order valence-electron chi connectivity index (χ4n) is 5.53. The lowest BCUT2D eigenvalue weighted by atomic mass is 10.0. The molecule has 3 aromatic rings. The van der Waals surface area contributed by atoms with Crippen LogP contribution in [0.2, 0.25) is 0 Å². The number of likely N-dealkylation sites (tertiary alicyclic amines) is 1. The molecule has 1 aliphatic rings. The third kappa shape index (κ3) is 9.41. The Morgan fingerprint density at radius 2 is 1.70 bits per heavy atom. The molecular formula is C34H41N5O8. The van der Waals surface area contributed by atoms with E-state index in [2.05, 4.69) is 10.6 Å². The van der Waals surface area contributed by atoms with Crippen LogP contribution in [0.25, 0.3) is 10.9 Å². The zero-order valence-corrected chi connectivity index (χ0v) is 26.8. The number of rotatable bonds is 13. The minimum Gasteiger partial charge on any atom is -0.459 e. The molecule has 47 heavy (non-hydrogen) atoms. The Kier molecular flexibility index (Phi) is 11.4. The summed E-state index contributed by atoms with van der Waals surface area (Å²) in [5.74, 6) is -2.53. The van der Waals surface area contributed by atoms with E-state index < -0.39 is 53.5 Å². The van der Waals surface area contributed by atoms with E-state index in [4.69, 9.17) is 15.2 Å². The Bertz CT molecular complexity index is 1610. The van der Waals surface area contributed by atoms with E-state index in [0.29, 0.717) is 35.7 Å². The molecule has 0 bridgehead atoms. The number of esters is 1. The second-order valence-corrected chi connectivity index (χ2v) is 12.4. The predicted octanol–water partition coefficient (Wildman–Crippen LogP) is 2.60. The second kappa shape index (κ2) is 15.4. The number of para-hydroxylation sites is 1. The third-order valence-electron chi connectivity index (χ3n) is 7.69. The van der Waals surface area contributed by atoms with E-state index in [1.165, 1.54) is 9.47 Å². The number of aromatic nitrogens is 1. The van der Waals surface area contributed by atoms with Crippen LogP contribution in [0.5, 0.6) is 0 Å².